The maximum Gasteiger partial charge on any atom is 0.337 e. The zero-order chi connectivity index (χ0) is 18.6. The number of aryl methyl sites for hydroxylation is 1. The van der Waals surface area contributed by atoms with Crippen molar-refractivity contribution in [1.29, 1.82) is 0 Å². The highest BCUT2D eigenvalue weighted by Crippen LogP contribution is 2.28. The first-order valence-corrected chi connectivity index (χ1v) is 7.93. The molecule has 0 fully saturated rings. The van der Waals surface area contributed by atoms with Crippen LogP contribution in [0, 0.1) is 5.82 Å². The summed E-state index contributed by atoms with van der Waals surface area (Å²) < 4.78 is 24.3. The first-order chi connectivity index (χ1) is 11.8. The quantitative estimate of drug-likeness (QED) is 0.639. The Morgan fingerprint density at radius 2 is 2.08 bits per heavy atom. The highest BCUT2D eigenvalue weighted by molar-refractivity contribution is 5.75. The van der Waals surface area contributed by atoms with Gasteiger partial charge in [0, 0.05) is 17.2 Å². The number of hydrogen-bond donors (Lipinski definition) is 2. The Morgan fingerprint density at radius 3 is 2.68 bits per heavy atom. The fourth-order valence-electron chi connectivity index (χ4n) is 2.54. The molecule has 0 radical (unpaired) electrons. The molecule has 0 aliphatic heterocycles. The number of aliphatic hydroxyl groups is 1. The number of aliphatic hydroxyl groups excluding tert-OH is 1. The van der Waals surface area contributed by atoms with E-state index in [0.717, 1.165) is 0 Å². The van der Waals surface area contributed by atoms with Crippen LogP contribution in [0.4, 0.5) is 10.3 Å². The summed E-state index contributed by atoms with van der Waals surface area (Å²) >= 11 is 0. The lowest BCUT2D eigenvalue weighted by Crippen LogP contribution is -2.19. The molecular weight excluding hydrogens is 327 g/mol. The van der Waals surface area contributed by atoms with Crippen LogP contribution in [-0.4, -0.2) is 11.1 Å². The van der Waals surface area contributed by atoms with Crippen LogP contribution >= 0.6 is 0 Å². The zero-order valence-corrected chi connectivity index (χ0v) is 14.3. The predicted octanol–water partition coefficient (Wildman–Crippen LogP) is 3.12. The normalized spacial score (nSPS) is 14.2. The van der Waals surface area contributed by atoms with Gasteiger partial charge in [-0.3, -0.25) is 0 Å². The SMILES string of the molecule is CCc1cc(=O)oc(N=C(N)O[C@H](C)c2ccccc2F)c1C(C)O. The van der Waals surface area contributed by atoms with E-state index in [4.69, 9.17) is 14.9 Å². The van der Waals surface area contributed by atoms with Gasteiger partial charge in [-0.25, -0.2) is 9.18 Å². The third-order valence-corrected chi connectivity index (χ3v) is 3.72. The molecule has 134 valence electrons. The van der Waals surface area contributed by atoms with Crippen LogP contribution in [0.1, 0.15) is 49.7 Å². The number of nitrogens with two attached hydrogens (primary N) is 1. The molecule has 1 aromatic heterocycles. The first kappa shape index (κ1) is 18.7. The van der Waals surface area contributed by atoms with Gasteiger partial charge in [-0.15, -0.1) is 0 Å². The van der Waals surface area contributed by atoms with Crippen LogP contribution in [0.3, 0.4) is 0 Å². The number of ether oxygens (including phenoxy) is 1. The van der Waals surface area contributed by atoms with Crippen molar-refractivity contribution in [2.45, 2.75) is 39.4 Å². The molecule has 0 amide bonds. The van der Waals surface area contributed by atoms with Crippen LogP contribution in [0.15, 0.2) is 44.5 Å². The van der Waals surface area contributed by atoms with E-state index in [9.17, 15) is 14.3 Å². The number of amidine groups is 1. The molecule has 0 saturated carbocycles. The molecule has 0 saturated heterocycles. The van der Waals surface area contributed by atoms with Gasteiger partial charge in [0.2, 0.25) is 5.88 Å². The van der Waals surface area contributed by atoms with Crippen molar-refractivity contribution in [3.8, 4) is 0 Å². The minimum Gasteiger partial charge on any atom is -0.457 e. The average molecular weight is 348 g/mol. The van der Waals surface area contributed by atoms with Gasteiger partial charge in [0.05, 0.1) is 6.10 Å². The van der Waals surface area contributed by atoms with Crippen molar-refractivity contribution in [2.75, 3.05) is 0 Å². The van der Waals surface area contributed by atoms with Crippen molar-refractivity contribution < 1.29 is 18.7 Å². The minimum atomic E-state index is -0.908. The lowest BCUT2D eigenvalue weighted by molar-refractivity contribution is 0.194. The molecule has 2 rings (SSSR count). The average Bonchev–Trinajstić information content (AvgIpc) is 2.53. The van der Waals surface area contributed by atoms with Crippen LogP contribution in [0.25, 0.3) is 0 Å². The molecule has 0 bridgehead atoms. The molecule has 0 spiro atoms. The first-order valence-electron chi connectivity index (χ1n) is 7.93. The second-order valence-corrected chi connectivity index (χ2v) is 5.57. The van der Waals surface area contributed by atoms with Crippen LogP contribution < -0.4 is 11.4 Å². The Balaban J connectivity index is 2.35. The van der Waals surface area contributed by atoms with Crippen molar-refractivity contribution in [1.82, 2.24) is 0 Å². The zero-order valence-electron chi connectivity index (χ0n) is 14.3. The van der Waals surface area contributed by atoms with Gasteiger partial charge in [-0.05, 0) is 31.9 Å². The summed E-state index contributed by atoms with van der Waals surface area (Å²) in [6, 6.07) is 7.16. The van der Waals surface area contributed by atoms with Crippen LogP contribution in [-0.2, 0) is 11.2 Å². The standard InChI is InChI=1S/C18H21FN2O4/c1-4-12-9-15(23)25-17(16(12)10(2)22)21-18(20)24-11(3)13-7-5-6-8-14(13)19/h5-11,22H,4H2,1-3H3,(H2,20,21)/t10?,11-/m1/s1. The Morgan fingerprint density at radius 1 is 1.40 bits per heavy atom. The topological polar surface area (TPSA) is 98.1 Å². The smallest absolute Gasteiger partial charge is 0.337 e. The van der Waals surface area contributed by atoms with E-state index < -0.39 is 23.7 Å². The van der Waals surface area contributed by atoms with Crippen molar-refractivity contribution in [3.05, 3.63) is 63.3 Å². The highest BCUT2D eigenvalue weighted by atomic mass is 19.1. The Labute approximate surface area is 144 Å². The van der Waals surface area contributed by atoms with Crippen molar-refractivity contribution in [2.24, 2.45) is 10.7 Å². The van der Waals surface area contributed by atoms with E-state index in [-0.39, 0.29) is 11.9 Å². The third kappa shape index (κ3) is 4.45. The van der Waals surface area contributed by atoms with E-state index in [2.05, 4.69) is 4.99 Å². The number of aliphatic imine (C=N–C) groups is 1. The monoisotopic (exact) mass is 348 g/mol. The maximum atomic E-state index is 13.8. The largest absolute Gasteiger partial charge is 0.457 e. The molecule has 0 aliphatic carbocycles. The van der Waals surface area contributed by atoms with Gasteiger partial charge in [0.15, 0.2) is 0 Å². The summed E-state index contributed by atoms with van der Waals surface area (Å²) in [6.07, 6.45) is -1.09. The highest BCUT2D eigenvalue weighted by Gasteiger charge is 2.18. The maximum absolute atomic E-state index is 13.8. The van der Waals surface area contributed by atoms with E-state index in [0.29, 0.717) is 23.1 Å². The van der Waals surface area contributed by atoms with Gasteiger partial charge < -0.3 is 20.0 Å². The summed E-state index contributed by atoms with van der Waals surface area (Å²) in [6.45, 7) is 5.00. The van der Waals surface area contributed by atoms with Gasteiger partial charge in [0.25, 0.3) is 6.02 Å². The van der Waals surface area contributed by atoms with E-state index >= 15 is 0 Å². The number of nitrogens with zero attached hydrogens (tertiary/aromatic N) is 1. The molecule has 3 N–H and O–H groups in total. The molecule has 2 atom stereocenters. The van der Waals surface area contributed by atoms with Gasteiger partial charge in [0.1, 0.15) is 11.9 Å². The van der Waals surface area contributed by atoms with E-state index in [1.807, 2.05) is 6.92 Å². The molecule has 6 nitrogen and oxygen atoms in total. The van der Waals surface area contributed by atoms with Gasteiger partial charge in [-0.2, -0.15) is 4.99 Å². The Kier molecular flexibility index (Phi) is 5.93. The van der Waals surface area contributed by atoms with E-state index in [1.54, 1.807) is 25.1 Å². The second-order valence-electron chi connectivity index (χ2n) is 5.57. The molecule has 1 aromatic carbocycles. The summed E-state index contributed by atoms with van der Waals surface area (Å²) in [4.78, 5) is 15.6. The number of rotatable bonds is 5. The van der Waals surface area contributed by atoms with Gasteiger partial charge >= 0.3 is 5.63 Å². The number of hydrogen-bond acceptors (Lipinski definition) is 5. The number of halogens is 1. The minimum absolute atomic E-state index is 0.113. The Bertz CT molecular complexity index is 830. The molecular formula is C18H21FN2O4. The predicted molar refractivity (Wildman–Crippen MR) is 92.2 cm³/mol. The molecule has 1 unspecified atom stereocenters. The van der Waals surface area contributed by atoms with Crippen molar-refractivity contribution >= 4 is 11.9 Å². The fraction of sp³-hybridized carbons (Fsp3) is 0.333. The fourth-order valence-corrected chi connectivity index (χ4v) is 2.54. The van der Waals surface area contributed by atoms with Crippen LogP contribution in [0.2, 0.25) is 0 Å². The van der Waals surface area contributed by atoms with Crippen molar-refractivity contribution in [3.63, 3.8) is 0 Å². The Hall–Kier alpha value is -2.67. The lowest BCUT2D eigenvalue weighted by atomic mass is 10.0. The second kappa shape index (κ2) is 7.94. The summed E-state index contributed by atoms with van der Waals surface area (Å²) in [5.41, 5.74) is 6.46. The molecule has 2 aromatic rings. The number of benzene rings is 1. The third-order valence-electron chi connectivity index (χ3n) is 3.72. The summed E-state index contributed by atoms with van der Waals surface area (Å²) in [5.74, 6) is -0.537. The van der Waals surface area contributed by atoms with Crippen LogP contribution in [0.5, 0.6) is 0 Å². The molecule has 0 aliphatic rings. The van der Waals surface area contributed by atoms with Gasteiger partial charge in [-0.1, -0.05) is 25.1 Å². The molecule has 25 heavy (non-hydrogen) atoms. The summed E-state index contributed by atoms with van der Waals surface area (Å²) in [7, 11) is 0. The summed E-state index contributed by atoms with van der Waals surface area (Å²) in [5, 5.41) is 9.95. The molecule has 1 heterocycles. The molecule has 7 heteroatoms. The lowest BCUT2D eigenvalue weighted by Gasteiger charge is -2.16. The van der Waals surface area contributed by atoms with E-state index in [1.165, 1.54) is 19.1 Å².